The van der Waals surface area contributed by atoms with Crippen LogP contribution in [0.2, 0.25) is 5.02 Å². The number of benzene rings is 1. The summed E-state index contributed by atoms with van der Waals surface area (Å²) in [5.74, 6) is -1.93. The van der Waals surface area contributed by atoms with Crippen LogP contribution in [0.15, 0.2) is 12.1 Å². The predicted octanol–water partition coefficient (Wildman–Crippen LogP) is 3.05. The van der Waals surface area contributed by atoms with E-state index in [1.807, 2.05) is 0 Å². The summed E-state index contributed by atoms with van der Waals surface area (Å²) in [7, 11) is 0. The number of nitro benzene ring substituents is 1. The van der Waals surface area contributed by atoms with E-state index >= 15 is 0 Å². The van der Waals surface area contributed by atoms with E-state index in [4.69, 9.17) is 16.7 Å². The van der Waals surface area contributed by atoms with Gasteiger partial charge in [-0.05, 0) is 12.5 Å². The third-order valence-electron chi connectivity index (χ3n) is 2.51. The van der Waals surface area contributed by atoms with Gasteiger partial charge >= 0.3 is 5.97 Å². The van der Waals surface area contributed by atoms with Crippen LogP contribution in [-0.4, -0.2) is 22.0 Å². The van der Waals surface area contributed by atoms with Crippen LogP contribution in [0.1, 0.15) is 19.8 Å². The largest absolute Gasteiger partial charge is 0.481 e. The quantitative estimate of drug-likeness (QED) is 0.620. The molecule has 0 bridgehead atoms. The molecule has 0 amide bonds. The van der Waals surface area contributed by atoms with Crippen molar-refractivity contribution in [3.63, 3.8) is 0 Å². The van der Waals surface area contributed by atoms with E-state index in [1.165, 1.54) is 0 Å². The van der Waals surface area contributed by atoms with Gasteiger partial charge in [0.25, 0.3) is 5.69 Å². The predicted molar refractivity (Wildman–Crippen MR) is 68.0 cm³/mol. The highest BCUT2D eigenvalue weighted by atomic mass is 35.5. The van der Waals surface area contributed by atoms with E-state index in [0.29, 0.717) is 12.5 Å². The van der Waals surface area contributed by atoms with Crippen LogP contribution in [0.25, 0.3) is 0 Å². The molecule has 0 saturated carbocycles. The van der Waals surface area contributed by atoms with Crippen molar-refractivity contribution in [1.29, 1.82) is 0 Å². The van der Waals surface area contributed by atoms with Crippen LogP contribution in [-0.2, 0) is 4.79 Å². The zero-order chi connectivity index (χ0) is 14.6. The monoisotopic (exact) mass is 290 g/mol. The van der Waals surface area contributed by atoms with Crippen LogP contribution >= 0.6 is 11.6 Å². The van der Waals surface area contributed by atoms with Gasteiger partial charge in [0.1, 0.15) is 11.5 Å². The fraction of sp³-hybridized carbons (Fsp3) is 0.364. The molecule has 1 rings (SSSR count). The van der Waals surface area contributed by atoms with Crippen molar-refractivity contribution in [2.45, 2.75) is 25.8 Å². The Kier molecular flexibility index (Phi) is 5.05. The summed E-state index contributed by atoms with van der Waals surface area (Å²) >= 11 is 5.57. The Morgan fingerprint density at radius 3 is 2.74 bits per heavy atom. The van der Waals surface area contributed by atoms with E-state index in [9.17, 15) is 19.3 Å². The molecule has 0 radical (unpaired) electrons. The Hall–Kier alpha value is -1.89. The van der Waals surface area contributed by atoms with Crippen LogP contribution < -0.4 is 5.32 Å². The van der Waals surface area contributed by atoms with Gasteiger partial charge in [0, 0.05) is 6.04 Å². The number of nitrogens with one attached hydrogen (secondary N) is 1. The lowest BCUT2D eigenvalue weighted by molar-refractivity contribution is -0.384. The Balaban J connectivity index is 3.07. The van der Waals surface area contributed by atoms with Crippen molar-refractivity contribution in [2.75, 3.05) is 5.32 Å². The van der Waals surface area contributed by atoms with Gasteiger partial charge in [-0.15, -0.1) is 0 Å². The highest BCUT2D eigenvalue weighted by molar-refractivity contribution is 6.31. The second-order valence-corrected chi connectivity index (χ2v) is 4.30. The SMILES string of the molecule is CCC(CC(=O)O)Nc1cc(Cl)c(F)cc1[N+](=O)[O-]. The van der Waals surface area contributed by atoms with Gasteiger partial charge in [-0.1, -0.05) is 18.5 Å². The third-order valence-corrected chi connectivity index (χ3v) is 2.80. The van der Waals surface area contributed by atoms with Gasteiger partial charge in [-0.2, -0.15) is 0 Å². The molecule has 1 atom stereocenters. The summed E-state index contributed by atoms with van der Waals surface area (Å²) in [5, 5.41) is 22.0. The van der Waals surface area contributed by atoms with Gasteiger partial charge in [0.05, 0.1) is 22.4 Å². The van der Waals surface area contributed by atoms with Gasteiger partial charge in [-0.25, -0.2) is 4.39 Å². The maximum atomic E-state index is 13.2. The van der Waals surface area contributed by atoms with Gasteiger partial charge in [0.15, 0.2) is 0 Å². The van der Waals surface area contributed by atoms with E-state index in [2.05, 4.69) is 5.32 Å². The van der Waals surface area contributed by atoms with Crippen LogP contribution in [0.5, 0.6) is 0 Å². The minimum Gasteiger partial charge on any atom is -0.481 e. The topological polar surface area (TPSA) is 92.5 Å². The molecule has 0 aliphatic heterocycles. The molecule has 2 N–H and O–H groups in total. The molecule has 6 nitrogen and oxygen atoms in total. The van der Waals surface area contributed by atoms with E-state index in [1.54, 1.807) is 6.92 Å². The Bertz CT molecular complexity index is 510. The molecule has 0 fully saturated rings. The normalized spacial score (nSPS) is 11.9. The molecule has 1 aromatic rings. The van der Waals surface area contributed by atoms with Crippen LogP contribution in [0.4, 0.5) is 15.8 Å². The minimum atomic E-state index is -1.03. The fourth-order valence-corrected chi connectivity index (χ4v) is 1.69. The Labute approximate surface area is 113 Å². The second-order valence-electron chi connectivity index (χ2n) is 3.89. The molecule has 0 aromatic heterocycles. The number of hydrogen-bond acceptors (Lipinski definition) is 4. The number of anilines is 1. The fourth-order valence-electron chi connectivity index (χ4n) is 1.53. The average molecular weight is 291 g/mol. The first kappa shape index (κ1) is 15.2. The Morgan fingerprint density at radius 2 is 2.26 bits per heavy atom. The molecular weight excluding hydrogens is 279 g/mol. The summed E-state index contributed by atoms with van der Waals surface area (Å²) in [4.78, 5) is 20.7. The number of carboxylic acids is 1. The molecule has 8 heteroatoms. The number of nitrogens with zero attached hydrogens (tertiary/aromatic N) is 1. The zero-order valence-corrected chi connectivity index (χ0v) is 10.8. The maximum absolute atomic E-state index is 13.2. The summed E-state index contributed by atoms with van der Waals surface area (Å²) < 4.78 is 13.2. The van der Waals surface area contributed by atoms with Gasteiger partial charge < -0.3 is 10.4 Å². The molecule has 1 aromatic carbocycles. The summed E-state index contributed by atoms with van der Waals surface area (Å²) in [5.41, 5.74) is -0.477. The first-order chi connectivity index (χ1) is 8.85. The van der Waals surface area contributed by atoms with Crippen molar-refractivity contribution in [2.24, 2.45) is 0 Å². The summed E-state index contributed by atoms with van der Waals surface area (Å²) in [6.45, 7) is 1.73. The van der Waals surface area contributed by atoms with Crippen LogP contribution in [0.3, 0.4) is 0 Å². The smallest absolute Gasteiger partial charge is 0.305 e. The third kappa shape index (κ3) is 4.06. The molecular formula is C11H12ClFN2O4. The molecule has 1 unspecified atom stereocenters. The van der Waals surface area contributed by atoms with Gasteiger partial charge in [0.2, 0.25) is 0 Å². The number of halogens is 2. The zero-order valence-electron chi connectivity index (χ0n) is 10.0. The van der Waals surface area contributed by atoms with E-state index in [0.717, 1.165) is 6.07 Å². The van der Waals surface area contributed by atoms with Crippen molar-refractivity contribution in [3.8, 4) is 0 Å². The first-order valence-corrected chi connectivity index (χ1v) is 5.84. The van der Waals surface area contributed by atoms with Crippen molar-refractivity contribution in [1.82, 2.24) is 0 Å². The highest BCUT2D eigenvalue weighted by Crippen LogP contribution is 2.31. The molecule has 0 saturated heterocycles. The van der Waals surface area contributed by atoms with Crippen molar-refractivity contribution in [3.05, 3.63) is 33.1 Å². The van der Waals surface area contributed by atoms with Crippen molar-refractivity contribution < 1.29 is 19.2 Å². The lowest BCUT2D eigenvalue weighted by atomic mass is 10.1. The molecule has 19 heavy (non-hydrogen) atoms. The highest BCUT2D eigenvalue weighted by Gasteiger charge is 2.21. The molecule has 104 valence electrons. The number of nitro groups is 1. The molecule has 0 aliphatic carbocycles. The van der Waals surface area contributed by atoms with E-state index < -0.39 is 28.4 Å². The average Bonchev–Trinajstić information content (AvgIpc) is 2.31. The maximum Gasteiger partial charge on any atom is 0.305 e. The molecule has 0 heterocycles. The summed E-state index contributed by atoms with van der Waals surface area (Å²) in [6.07, 6.45) is 0.237. The molecule has 0 spiro atoms. The lowest BCUT2D eigenvalue weighted by Crippen LogP contribution is -2.22. The number of carboxylic acid groups (broad SMARTS) is 1. The summed E-state index contributed by atoms with van der Waals surface area (Å²) in [6, 6.07) is 1.29. The van der Waals surface area contributed by atoms with Crippen LogP contribution in [0, 0.1) is 15.9 Å². The van der Waals surface area contributed by atoms with E-state index in [-0.39, 0.29) is 17.1 Å². The minimum absolute atomic E-state index is 0.00417. The Morgan fingerprint density at radius 1 is 1.63 bits per heavy atom. The first-order valence-electron chi connectivity index (χ1n) is 5.46. The van der Waals surface area contributed by atoms with Crippen molar-refractivity contribution >= 4 is 28.9 Å². The molecule has 0 aliphatic rings. The van der Waals surface area contributed by atoms with Gasteiger partial charge in [-0.3, -0.25) is 14.9 Å². The second kappa shape index (κ2) is 6.33. The number of aliphatic carboxylic acids is 1. The standard InChI is InChI=1S/C11H12ClFN2O4/c1-2-6(3-11(16)17)14-9-4-7(12)8(13)5-10(9)15(18)19/h4-6,14H,2-3H2,1H3,(H,16,17). The number of rotatable bonds is 6. The number of hydrogen-bond donors (Lipinski definition) is 2. The number of carbonyl (C=O) groups is 1. The lowest BCUT2D eigenvalue weighted by Gasteiger charge is -2.16.